The molecule has 0 bridgehead atoms. The van der Waals surface area contributed by atoms with Gasteiger partial charge >= 0.3 is 0 Å². The summed E-state index contributed by atoms with van der Waals surface area (Å²) >= 11 is 0. The number of rotatable bonds is 5. The first-order chi connectivity index (χ1) is 11.6. The van der Waals surface area contributed by atoms with Gasteiger partial charge in [-0.15, -0.1) is 0 Å². The van der Waals surface area contributed by atoms with Crippen LogP contribution >= 0.6 is 0 Å². The first kappa shape index (κ1) is 19.8. The maximum Gasteiger partial charge on any atom is 0.251 e. The van der Waals surface area contributed by atoms with Crippen molar-refractivity contribution in [3.63, 3.8) is 0 Å². The van der Waals surface area contributed by atoms with E-state index in [4.69, 9.17) is 0 Å². The monoisotopic (exact) mass is 356 g/mol. The van der Waals surface area contributed by atoms with Crippen LogP contribution in [0.25, 0.3) is 0 Å². The van der Waals surface area contributed by atoms with E-state index in [1.165, 1.54) is 0 Å². The predicted octanol–water partition coefficient (Wildman–Crippen LogP) is 3.79. The molecule has 25 heavy (non-hydrogen) atoms. The molecule has 140 valence electrons. The Bertz CT molecular complexity index is 581. The van der Waals surface area contributed by atoms with Crippen molar-refractivity contribution in [3.8, 4) is 0 Å². The number of amides is 1. The maximum absolute atomic E-state index is 14.4. The fourth-order valence-corrected chi connectivity index (χ4v) is 2.95. The van der Waals surface area contributed by atoms with Crippen molar-refractivity contribution in [1.29, 1.82) is 0 Å². The highest BCUT2D eigenvalue weighted by Gasteiger charge is 2.30. The average Bonchev–Trinajstić information content (AvgIpc) is 2.50. The van der Waals surface area contributed by atoms with Gasteiger partial charge in [-0.1, -0.05) is 20.8 Å². The molecule has 1 amide bonds. The van der Waals surface area contributed by atoms with Crippen molar-refractivity contribution < 1.29 is 18.0 Å². The van der Waals surface area contributed by atoms with Crippen LogP contribution in [0.15, 0.2) is 18.2 Å². The minimum Gasteiger partial charge on any atom is -0.352 e. The van der Waals surface area contributed by atoms with E-state index in [1.54, 1.807) is 0 Å². The standard InChI is InChI=1S/C19H27F3N2O/c1-19(2,3)5-7-24-6-4-13(17(22)12-24)11-23-18(25)14-8-15(20)10-16(21)9-14/h8-10,13,17H,4-7,11-12H2,1-3H3,(H,23,25)/t13-,17-/m0/s1. The van der Waals surface area contributed by atoms with E-state index in [-0.39, 0.29) is 23.4 Å². The predicted molar refractivity (Wildman–Crippen MR) is 92.2 cm³/mol. The normalized spacial score (nSPS) is 22.0. The number of nitrogens with one attached hydrogen (secondary N) is 1. The van der Waals surface area contributed by atoms with Crippen LogP contribution in [0.3, 0.4) is 0 Å². The van der Waals surface area contributed by atoms with Crippen molar-refractivity contribution in [2.45, 2.75) is 39.8 Å². The van der Waals surface area contributed by atoms with Gasteiger partial charge in [0.2, 0.25) is 0 Å². The Hall–Kier alpha value is -1.56. The van der Waals surface area contributed by atoms with Crippen molar-refractivity contribution in [1.82, 2.24) is 10.2 Å². The molecule has 1 aliphatic rings. The number of hydrogen-bond donors (Lipinski definition) is 1. The van der Waals surface area contributed by atoms with Crippen LogP contribution in [0.4, 0.5) is 13.2 Å². The first-order valence-corrected chi connectivity index (χ1v) is 8.75. The third kappa shape index (κ3) is 6.34. The van der Waals surface area contributed by atoms with Crippen molar-refractivity contribution in [3.05, 3.63) is 35.4 Å². The molecule has 0 saturated carbocycles. The quantitative estimate of drug-likeness (QED) is 0.871. The van der Waals surface area contributed by atoms with Gasteiger partial charge in [-0.25, -0.2) is 13.2 Å². The number of alkyl halides is 1. The number of carbonyl (C=O) groups is 1. The van der Waals surface area contributed by atoms with Gasteiger partial charge in [0.05, 0.1) is 0 Å². The summed E-state index contributed by atoms with van der Waals surface area (Å²) in [5.41, 5.74) is 0.132. The molecule has 0 unspecified atom stereocenters. The molecule has 6 heteroatoms. The first-order valence-electron chi connectivity index (χ1n) is 8.75. The number of piperidine rings is 1. The average molecular weight is 356 g/mol. The Labute approximate surface area is 147 Å². The highest BCUT2D eigenvalue weighted by atomic mass is 19.1. The number of halogens is 3. The summed E-state index contributed by atoms with van der Waals surface area (Å²) in [6.45, 7) is 8.69. The maximum atomic E-state index is 14.4. The van der Waals surface area contributed by atoms with Crippen molar-refractivity contribution in [2.24, 2.45) is 11.3 Å². The third-order valence-electron chi connectivity index (χ3n) is 4.59. The van der Waals surface area contributed by atoms with Crippen LogP contribution in [-0.2, 0) is 0 Å². The summed E-state index contributed by atoms with van der Waals surface area (Å²) in [4.78, 5) is 14.1. The van der Waals surface area contributed by atoms with Gasteiger partial charge < -0.3 is 10.2 Å². The zero-order valence-corrected chi connectivity index (χ0v) is 15.1. The molecule has 2 rings (SSSR count). The molecular weight excluding hydrogens is 329 g/mol. The molecule has 1 N–H and O–H groups in total. The van der Waals surface area contributed by atoms with E-state index in [9.17, 15) is 18.0 Å². The summed E-state index contributed by atoms with van der Waals surface area (Å²) in [7, 11) is 0. The summed E-state index contributed by atoms with van der Waals surface area (Å²) in [5, 5.41) is 2.59. The SMILES string of the molecule is CC(C)(C)CCN1CC[C@@H](CNC(=O)c2cc(F)cc(F)c2)[C@@H](F)C1. The largest absolute Gasteiger partial charge is 0.352 e. The van der Waals surface area contributed by atoms with Crippen LogP contribution in [0, 0.1) is 23.0 Å². The van der Waals surface area contributed by atoms with Crippen LogP contribution in [-0.4, -0.2) is 43.2 Å². The Morgan fingerprint density at radius 3 is 2.44 bits per heavy atom. The summed E-state index contributed by atoms with van der Waals surface area (Å²) in [6.07, 6.45) is 0.647. The molecule has 0 spiro atoms. The Kier molecular flexibility index (Phi) is 6.49. The second-order valence-electron chi connectivity index (χ2n) is 8.04. The van der Waals surface area contributed by atoms with E-state index in [0.717, 1.165) is 31.6 Å². The van der Waals surface area contributed by atoms with Gasteiger partial charge in [0.15, 0.2) is 0 Å². The van der Waals surface area contributed by atoms with E-state index >= 15 is 0 Å². The second-order valence-corrected chi connectivity index (χ2v) is 8.04. The summed E-state index contributed by atoms with van der Waals surface area (Å²) < 4.78 is 40.7. The topological polar surface area (TPSA) is 32.3 Å². The Morgan fingerprint density at radius 2 is 1.88 bits per heavy atom. The Balaban J connectivity index is 1.81. The molecule has 0 radical (unpaired) electrons. The van der Waals surface area contributed by atoms with E-state index < -0.39 is 23.7 Å². The Morgan fingerprint density at radius 1 is 1.24 bits per heavy atom. The molecule has 1 fully saturated rings. The lowest BCUT2D eigenvalue weighted by Gasteiger charge is -2.36. The van der Waals surface area contributed by atoms with Crippen molar-refractivity contribution >= 4 is 5.91 Å². The van der Waals surface area contributed by atoms with Gasteiger partial charge in [-0.3, -0.25) is 4.79 Å². The van der Waals surface area contributed by atoms with Gasteiger partial charge in [-0.05, 0) is 43.5 Å². The highest BCUT2D eigenvalue weighted by molar-refractivity contribution is 5.94. The molecule has 1 saturated heterocycles. The minimum absolute atomic E-state index is 0.0875. The molecule has 0 aromatic heterocycles. The smallest absolute Gasteiger partial charge is 0.251 e. The number of nitrogens with zero attached hydrogens (tertiary/aromatic N) is 1. The lowest BCUT2D eigenvalue weighted by molar-refractivity contribution is 0.0724. The fourth-order valence-electron chi connectivity index (χ4n) is 2.95. The highest BCUT2D eigenvalue weighted by Crippen LogP contribution is 2.24. The molecule has 1 aliphatic heterocycles. The van der Waals surface area contributed by atoms with E-state index in [2.05, 4.69) is 31.0 Å². The molecular formula is C19H27F3N2O. The van der Waals surface area contributed by atoms with Gasteiger partial charge in [-0.2, -0.15) is 0 Å². The van der Waals surface area contributed by atoms with Crippen molar-refractivity contribution in [2.75, 3.05) is 26.2 Å². The van der Waals surface area contributed by atoms with Crippen LogP contribution in [0.1, 0.15) is 44.0 Å². The molecule has 2 atom stereocenters. The van der Waals surface area contributed by atoms with E-state index in [1.807, 2.05) is 0 Å². The minimum atomic E-state index is -1.02. The molecule has 0 aliphatic carbocycles. The van der Waals surface area contributed by atoms with E-state index in [0.29, 0.717) is 19.0 Å². The molecule has 1 aromatic carbocycles. The third-order valence-corrected chi connectivity index (χ3v) is 4.59. The van der Waals surface area contributed by atoms with Gasteiger partial charge in [0, 0.05) is 30.6 Å². The van der Waals surface area contributed by atoms with Crippen LogP contribution < -0.4 is 5.32 Å². The zero-order chi connectivity index (χ0) is 18.6. The van der Waals surface area contributed by atoms with Gasteiger partial charge in [0.1, 0.15) is 17.8 Å². The number of benzene rings is 1. The lowest BCUT2D eigenvalue weighted by atomic mass is 9.90. The summed E-state index contributed by atoms with van der Waals surface area (Å²) in [6, 6.07) is 2.66. The number of carbonyl (C=O) groups excluding carboxylic acids is 1. The summed E-state index contributed by atoms with van der Waals surface area (Å²) in [5.74, 6) is -2.46. The lowest BCUT2D eigenvalue weighted by Crippen LogP contribution is -2.46. The molecule has 1 heterocycles. The van der Waals surface area contributed by atoms with Gasteiger partial charge in [0.25, 0.3) is 5.91 Å². The molecule has 3 nitrogen and oxygen atoms in total. The second kappa shape index (κ2) is 8.21. The number of likely N-dealkylation sites (tertiary alicyclic amines) is 1. The zero-order valence-electron chi connectivity index (χ0n) is 15.1. The number of hydrogen-bond acceptors (Lipinski definition) is 2. The molecule has 1 aromatic rings. The van der Waals surface area contributed by atoms with Crippen LogP contribution in [0.2, 0.25) is 0 Å². The fraction of sp³-hybridized carbons (Fsp3) is 0.632. The van der Waals surface area contributed by atoms with Crippen LogP contribution in [0.5, 0.6) is 0 Å².